The number of nitrogens with one attached hydrogen (secondary N) is 1. The van der Waals surface area contributed by atoms with Crippen LogP contribution in [0, 0.1) is 5.41 Å². The largest absolute Gasteiger partial charge is 0.497 e. The lowest BCUT2D eigenvalue weighted by Gasteiger charge is -2.20. The molecule has 3 amide bonds. The van der Waals surface area contributed by atoms with Gasteiger partial charge in [0.05, 0.1) is 12.5 Å². The number of methoxy groups -OCH3 is 1. The van der Waals surface area contributed by atoms with Gasteiger partial charge >= 0.3 is 0 Å². The number of benzene rings is 1. The van der Waals surface area contributed by atoms with Crippen LogP contribution in [0.25, 0.3) is 10.9 Å². The Morgan fingerprint density at radius 3 is 2.72 bits per heavy atom. The lowest BCUT2D eigenvalue weighted by atomic mass is 9.84. The molecule has 154 valence electrons. The van der Waals surface area contributed by atoms with Gasteiger partial charge in [-0.1, -0.05) is 12.8 Å². The fourth-order valence-corrected chi connectivity index (χ4v) is 4.65. The van der Waals surface area contributed by atoms with Crippen LogP contribution in [0.3, 0.4) is 0 Å². The second-order valence-electron chi connectivity index (χ2n) is 8.05. The van der Waals surface area contributed by atoms with Gasteiger partial charge in [-0.25, -0.2) is 0 Å². The monoisotopic (exact) mass is 397 g/mol. The highest BCUT2D eigenvalue weighted by molar-refractivity contribution is 6.06. The van der Waals surface area contributed by atoms with E-state index in [2.05, 4.69) is 9.88 Å². The van der Waals surface area contributed by atoms with Crippen LogP contribution < -0.4 is 10.1 Å². The van der Waals surface area contributed by atoms with E-state index >= 15 is 0 Å². The van der Waals surface area contributed by atoms with Gasteiger partial charge < -0.3 is 14.6 Å². The number of fused-ring (bicyclic) bond motifs is 1. The molecule has 2 aliphatic rings. The summed E-state index contributed by atoms with van der Waals surface area (Å²) in [6.07, 6.45) is 6.07. The predicted octanol–water partition coefficient (Wildman–Crippen LogP) is 2.48. The molecule has 7 heteroatoms. The average molecular weight is 397 g/mol. The summed E-state index contributed by atoms with van der Waals surface area (Å²) in [7, 11) is 1.64. The number of imide groups is 1. The summed E-state index contributed by atoms with van der Waals surface area (Å²) in [6, 6.07) is 7.91. The Bertz CT molecular complexity index is 943. The van der Waals surface area contributed by atoms with Crippen LogP contribution in [-0.2, 0) is 20.9 Å². The number of carbonyl (C=O) groups is 3. The van der Waals surface area contributed by atoms with E-state index in [1.54, 1.807) is 7.11 Å². The molecule has 0 atom stereocenters. The lowest BCUT2D eigenvalue weighted by Crippen LogP contribution is -2.37. The smallest absolute Gasteiger partial charge is 0.235 e. The summed E-state index contributed by atoms with van der Waals surface area (Å²) < 4.78 is 7.32. The van der Waals surface area contributed by atoms with Gasteiger partial charge in [0.2, 0.25) is 17.7 Å². The van der Waals surface area contributed by atoms with E-state index in [1.165, 1.54) is 4.90 Å². The van der Waals surface area contributed by atoms with Crippen LogP contribution in [0.2, 0.25) is 0 Å². The quantitative estimate of drug-likeness (QED) is 0.728. The Labute approximate surface area is 170 Å². The molecule has 1 aromatic heterocycles. The number of aromatic nitrogens is 1. The topological polar surface area (TPSA) is 80.6 Å². The molecular formula is C22H27N3O4. The Hall–Kier alpha value is -2.83. The van der Waals surface area contributed by atoms with Crippen molar-refractivity contribution >= 4 is 28.6 Å². The van der Waals surface area contributed by atoms with Gasteiger partial charge in [0, 0.05) is 49.6 Å². The lowest BCUT2D eigenvalue weighted by molar-refractivity contribution is -0.141. The van der Waals surface area contributed by atoms with E-state index in [4.69, 9.17) is 4.74 Å². The van der Waals surface area contributed by atoms with Crippen molar-refractivity contribution in [2.75, 3.05) is 20.2 Å². The highest BCUT2D eigenvalue weighted by Gasteiger charge is 2.52. The van der Waals surface area contributed by atoms with E-state index in [0.29, 0.717) is 19.5 Å². The highest BCUT2D eigenvalue weighted by Crippen LogP contribution is 2.46. The summed E-state index contributed by atoms with van der Waals surface area (Å²) in [6.45, 7) is 1.31. The van der Waals surface area contributed by atoms with E-state index in [-0.39, 0.29) is 30.7 Å². The SMILES string of the molecule is COc1ccc2c(ccn2CCNC(=O)CCN2C(=O)CC3(CCCC3)C2=O)c1. The molecule has 1 N–H and O–H groups in total. The number of rotatable bonds is 7. The molecule has 1 spiro atoms. The first kappa shape index (κ1) is 19.5. The summed E-state index contributed by atoms with van der Waals surface area (Å²) in [4.78, 5) is 38.4. The molecule has 1 aromatic carbocycles. The van der Waals surface area contributed by atoms with Gasteiger partial charge in [-0.2, -0.15) is 0 Å². The molecule has 1 aliphatic heterocycles. The first-order valence-corrected chi connectivity index (χ1v) is 10.3. The fourth-order valence-electron chi connectivity index (χ4n) is 4.65. The van der Waals surface area contributed by atoms with Crippen molar-refractivity contribution in [2.24, 2.45) is 5.41 Å². The Kier molecular flexibility index (Phi) is 5.30. The number of nitrogens with zero attached hydrogens (tertiary/aromatic N) is 2. The number of hydrogen-bond acceptors (Lipinski definition) is 4. The van der Waals surface area contributed by atoms with Crippen molar-refractivity contribution in [2.45, 2.75) is 45.1 Å². The van der Waals surface area contributed by atoms with Crippen LogP contribution in [0.5, 0.6) is 5.75 Å². The minimum atomic E-state index is -0.467. The van der Waals surface area contributed by atoms with Crippen molar-refractivity contribution in [1.29, 1.82) is 0 Å². The van der Waals surface area contributed by atoms with Gasteiger partial charge in [0.15, 0.2) is 0 Å². The molecule has 2 aromatic rings. The first-order valence-electron chi connectivity index (χ1n) is 10.3. The Balaban J connectivity index is 1.26. The third-order valence-corrected chi connectivity index (χ3v) is 6.27. The molecule has 0 bridgehead atoms. The zero-order valence-electron chi connectivity index (χ0n) is 16.8. The third kappa shape index (κ3) is 3.73. The summed E-state index contributed by atoms with van der Waals surface area (Å²) >= 11 is 0. The van der Waals surface area contributed by atoms with Crippen molar-refractivity contribution < 1.29 is 19.1 Å². The number of ether oxygens (including phenoxy) is 1. The fraction of sp³-hybridized carbons (Fsp3) is 0.500. The maximum Gasteiger partial charge on any atom is 0.235 e. The maximum atomic E-state index is 12.7. The number of carbonyl (C=O) groups excluding carboxylic acids is 3. The number of likely N-dealkylation sites (tertiary alicyclic amines) is 1. The van der Waals surface area contributed by atoms with Crippen molar-refractivity contribution in [3.8, 4) is 5.75 Å². The third-order valence-electron chi connectivity index (χ3n) is 6.27. The van der Waals surface area contributed by atoms with Crippen molar-refractivity contribution in [3.63, 3.8) is 0 Å². The average Bonchev–Trinajstić information content (AvgIpc) is 3.40. The molecule has 4 rings (SSSR count). The molecular weight excluding hydrogens is 370 g/mol. The normalized spacial score (nSPS) is 18.2. The van der Waals surface area contributed by atoms with Crippen LogP contribution >= 0.6 is 0 Å². The molecule has 2 heterocycles. The second kappa shape index (κ2) is 7.89. The molecule has 29 heavy (non-hydrogen) atoms. The van der Waals surface area contributed by atoms with Crippen molar-refractivity contribution in [3.05, 3.63) is 30.5 Å². The first-order chi connectivity index (χ1) is 14.0. The summed E-state index contributed by atoms with van der Waals surface area (Å²) in [5, 5.41) is 3.97. The van der Waals surface area contributed by atoms with Crippen LogP contribution in [0.1, 0.15) is 38.5 Å². The van der Waals surface area contributed by atoms with Gasteiger partial charge in [0.25, 0.3) is 0 Å². The van der Waals surface area contributed by atoms with Crippen LogP contribution in [-0.4, -0.2) is 47.4 Å². The molecule has 2 fully saturated rings. The van der Waals surface area contributed by atoms with Gasteiger partial charge in [0.1, 0.15) is 5.75 Å². The van der Waals surface area contributed by atoms with Gasteiger partial charge in [-0.05, 0) is 37.1 Å². The predicted molar refractivity (Wildman–Crippen MR) is 108 cm³/mol. The van der Waals surface area contributed by atoms with Gasteiger partial charge in [-0.15, -0.1) is 0 Å². The summed E-state index contributed by atoms with van der Waals surface area (Å²) in [5.41, 5.74) is 0.612. The Morgan fingerprint density at radius 1 is 1.17 bits per heavy atom. The van der Waals surface area contributed by atoms with E-state index < -0.39 is 5.41 Å². The zero-order chi connectivity index (χ0) is 20.4. The molecule has 0 unspecified atom stereocenters. The van der Waals surface area contributed by atoms with Gasteiger partial charge in [-0.3, -0.25) is 19.3 Å². The van der Waals surface area contributed by atoms with E-state index in [0.717, 1.165) is 42.3 Å². The molecule has 1 aliphatic carbocycles. The standard InChI is InChI=1S/C22H27N3O4/c1-29-17-4-5-18-16(14-17)6-11-24(18)13-10-23-19(26)7-12-25-20(27)15-22(21(25)28)8-2-3-9-22/h4-6,11,14H,2-3,7-10,12-13,15H2,1H3,(H,23,26). The van der Waals surface area contributed by atoms with Crippen LogP contribution in [0.15, 0.2) is 30.5 Å². The summed E-state index contributed by atoms with van der Waals surface area (Å²) in [5.74, 6) is 0.478. The minimum absolute atomic E-state index is 0.0676. The minimum Gasteiger partial charge on any atom is -0.497 e. The molecule has 0 radical (unpaired) electrons. The number of amides is 3. The maximum absolute atomic E-state index is 12.7. The second-order valence-corrected chi connectivity index (χ2v) is 8.05. The zero-order valence-corrected chi connectivity index (χ0v) is 16.8. The molecule has 7 nitrogen and oxygen atoms in total. The van der Waals surface area contributed by atoms with Crippen LogP contribution in [0.4, 0.5) is 0 Å². The van der Waals surface area contributed by atoms with Crippen molar-refractivity contribution in [1.82, 2.24) is 14.8 Å². The van der Waals surface area contributed by atoms with E-state index in [1.807, 2.05) is 30.5 Å². The highest BCUT2D eigenvalue weighted by atomic mass is 16.5. The van der Waals surface area contributed by atoms with E-state index in [9.17, 15) is 14.4 Å². The molecule has 1 saturated heterocycles. The number of hydrogen-bond donors (Lipinski definition) is 1. The molecule has 1 saturated carbocycles. The Morgan fingerprint density at radius 2 is 1.97 bits per heavy atom.